The van der Waals surface area contributed by atoms with Crippen LogP contribution in [0.1, 0.15) is 12.8 Å². The van der Waals surface area contributed by atoms with Crippen LogP contribution >= 0.6 is 7.92 Å². The van der Waals surface area contributed by atoms with Crippen molar-refractivity contribution in [3.05, 3.63) is 60.7 Å². The summed E-state index contributed by atoms with van der Waals surface area (Å²) >= 11 is 0. The molecule has 0 aliphatic carbocycles. The fourth-order valence-corrected chi connectivity index (χ4v) is 4.83. The maximum Gasteiger partial charge on any atom is 0.0966 e. The van der Waals surface area contributed by atoms with Crippen molar-refractivity contribution in [2.45, 2.75) is 12.8 Å². The van der Waals surface area contributed by atoms with Crippen molar-refractivity contribution in [3.8, 4) is 0 Å². The summed E-state index contributed by atoms with van der Waals surface area (Å²) in [5.41, 5.74) is 0. The monoisotopic (exact) mass is 261 g/mol. The van der Waals surface area contributed by atoms with Crippen LogP contribution in [0.15, 0.2) is 60.7 Å². The summed E-state index contributed by atoms with van der Waals surface area (Å²) in [5.74, 6) is 0. The van der Waals surface area contributed by atoms with Gasteiger partial charge in [0.15, 0.2) is 0 Å². The molecule has 0 unspecified atom stereocenters. The van der Waals surface area contributed by atoms with Crippen LogP contribution in [0.2, 0.25) is 0 Å². The topological polar surface area (TPSA) is 0 Å². The second-order valence-electron chi connectivity index (χ2n) is 4.36. The van der Waals surface area contributed by atoms with Gasteiger partial charge in [-0.05, 0) is 37.1 Å². The molecular weight excluding hydrogens is 242 g/mol. The molecule has 2 aromatic rings. The third kappa shape index (κ3) is 3.65. The van der Waals surface area contributed by atoms with Gasteiger partial charge in [-0.2, -0.15) is 0 Å². The minimum atomic E-state index is -0.739. The molecule has 0 saturated heterocycles. The van der Waals surface area contributed by atoms with E-state index in [0.717, 1.165) is 12.6 Å². The minimum Gasteiger partial charge on any atom is -0.251 e. The molecule has 0 aromatic heterocycles. The van der Waals surface area contributed by atoms with Gasteiger partial charge in [0.25, 0.3) is 0 Å². The van der Waals surface area contributed by atoms with Crippen LogP contribution in [-0.2, 0) is 0 Å². The first kappa shape index (κ1) is 13.2. The van der Waals surface area contributed by atoms with Crippen molar-refractivity contribution in [3.63, 3.8) is 0 Å². The molecule has 0 nitrogen and oxygen atoms in total. The largest absolute Gasteiger partial charge is 0.251 e. The van der Waals surface area contributed by atoms with E-state index in [1.807, 2.05) is 0 Å². The van der Waals surface area contributed by atoms with Crippen molar-refractivity contribution in [1.29, 1.82) is 0 Å². The lowest BCUT2D eigenvalue weighted by Crippen LogP contribution is -2.13. The summed E-state index contributed by atoms with van der Waals surface area (Å²) in [6.45, 7) is -0.196. The smallest absolute Gasteiger partial charge is 0.0966 e. The normalized spacial score (nSPS) is 10.8. The highest BCUT2D eigenvalue weighted by molar-refractivity contribution is 7.73. The van der Waals surface area contributed by atoms with Gasteiger partial charge in [-0.3, -0.25) is 4.39 Å². The Kier molecular flexibility index (Phi) is 5.36. The molecule has 2 aromatic carbocycles. The first-order chi connectivity index (χ1) is 8.92. The van der Waals surface area contributed by atoms with Crippen LogP contribution in [-0.4, -0.2) is 12.8 Å². The Hall–Kier alpha value is -1.20. The van der Waals surface area contributed by atoms with E-state index >= 15 is 0 Å². The highest BCUT2D eigenvalue weighted by atomic mass is 31.1. The first-order valence-corrected chi connectivity index (χ1v) is 8.15. The molecule has 0 radical (unpaired) electrons. The summed E-state index contributed by atoms with van der Waals surface area (Å²) in [7, 11) is -0.739. The molecule has 0 saturated carbocycles. The van der Waals surface area contributed by atoms with Gasteiger partial charge in [0.2, 0.25) is 0 Å². The van der Waals surface area contributed by atoms with Gasteiger partial charge in [-0.15, -0.1) is 0 Å². The third-order valence-electron chi connectivity index (χ3n) is 3.05. The number of halogens is 1. The maximum absolute atomic E-state index is 12.3. The number of unbranched alkanes of at least 4 members (excludes halogenated alkanes) is 1. The average Bonchev–Trinajstić information content (AvgIpc) is 2.46. The van der Waals surface area contributed by atoms with Crippen LogP contribution in [0, 0.1) is 0 Å². The number of hydrogen-bond acceptors (Lipinski definition) is 0. The van der Waals surface area contributed by atoms with E-state index in [1.54, 1.807) is 0 Å². The van der Waals surface area contributed by atoms with Gasteiger partial charge in [0.05, 0.1) is 31.4 Å². The lowest BCUT2D eigenvalue weighted by molar-refractivity contribution is 0.470. The Morgan fingerprint density at radius 1 is 0.722 bits per heavy atom. The molecule has 94 valence electrons. The summed E-state index contributed by atoms with van der Waals surface area (Å²) in [5, 5.41) is 2.85. The fraction of sp³-hybridized carbons (Fsp3) is 0.250. The van der Waals surface area contributed by atoms with Crippen LogP contribution in [0.25, 0.3) is 0 Å². The zero-order chi connectivity index (χ0) is 12.6. The summed E-state index contributed by atoms with van der Waals surface area (Å²) in [6.07, 6.45) is 2.78. The van der Waals surface area contributed by atoms with E-state index in [1.165, 1.54) is 10.6 Å². The molecule has 0 fully saturated rings. The zero-order valence-electron chi connectivity index (χ0n) is 10.5. The van der Waals surface area contributed by atoms with Gasteiger partial charge in [0, 0.05) is 0 Å². The lowest BCUT2D eigenvalue weighted by atomic mass is 10.4. The Bertz CT molecular complexity index is 402. The van der Waals surface area contributed by atoms with E-state index in [0.29, 0.717) is 6.42 Å². The van der Waals surface area contributed by atoms with Crippen LogP contribution in [0.5, 0.6) is 0 Å². The number of benzene rings is 2. The predicted molar refractivity (Wildman–Crippen MR) is 80.5 cm³/mol. The second-order valence-corrected chi connectivity index (χ2v) is 6.97. The summed E-state index contributed by atoms with van der Waals surface area (Å²) in [6, 6.07) is 21.3. The Balaban J connectivity index is 2.18. The van der Waals surface area contributed by atoms with Crippen LogP contribution < -0.4 is 10.6 Å². The van der Waals surface area contributed by atoms with E-state index in [-0.39, 0.29) is 6.67 Å². The standard InChI is InChI=1S/C16H18FP/c17-13-7-8-14-18(15-9-3-1-4-10-15)16-11-5-2-6-12-16/h1-6,9-12H,7-8,13-14H2/p+1. The Morgan fingerprint density at radius 2 is 1.22 bits per heavy atom. The number of rotatable bonds is 6. The predicted octanol–water partition coefficient (Wildman–Crippen LogP) is 3.60. The highest BCUT2D eigenvalue weighted by Gasteiger charge is 2.20. The molecular formula is C16H19FP+. The summed E-state index contributed by atoms with van der Waals surface area (Å²) < 4.78 is 12.3. The van der Waals surface area contributed by atoms with Gasteiger partial charge >= 0.3 is 0 Å². The van der Waals surface area contributed by atoms with Gasteiger partial charge in [-0.25, -0.2) is 0 Å². The summed E-state index contributed by atoms with van der Waals surface area (Å²) in [4.78, 5) is 0. The van der Waals surface area contributed by atoms with Crippen molar-refractivity contribution >= 4 is 18.5 Å². The third-order valence-corrected chi connectivity index (χ3v) is 5.97. The molecule has 2 heteroatoms. The van der Waals surface area contributed by atoms with E-state index in [4.69, 9.17) is 0 Å². The Labute approximate surface area is 110 Å². The van der Waals surface area contributed by atoms with Gasteiger partial charge < -0.3 is 0 Å². The number of alkyl halides is 1. The second kappa shape index (κ2) is 7.28. The maximum atomic E-state index is 12.3. The molecule has 0 aliphatic heterocycles. The van der Waals surface area contributed by atoms with Crippen LogP contribution in [0.3, 0.4) is 0 Å². The van der Waals surface area contributed by atoms with Crippen molar-refractivity contribution < 1.29 is 4.39 Å². The molecule has 0 amide bonds. The van der Waals surface area contributed by atoms with Crippen LogP contribution in [0.4, 0.5) is 4.39 Å². The van der Waals surface area contributed by atoms with Crippen molar-refractivity contribution in [2.75, 3.05) is 12.8 Å². The SMILES string of the molecule is FCCCC[PH+](c1ccccc1)c1ccccc1. The molecule has 0 atom stereocenters. The first-order valence-electron chi connectivity index (χ1n) is 6.44. The average molecular weight is 261 g/mol. The quantitative estimate of drug-likeness (QED) is 0.550. The molecule has 2 rings (SSSR count). The van der Waals surface area contributed by atoms with Gasteiger partial charge in [0.1, 0.15) is 0 Å². The number of hydrogen-bond donors (Lipinski definition) is 0. The van der Waals surface area contributed by atoms with E-state index in [9.17, 15) is 4.39 Å². The van der Waals surface area contributed by atoms with E-state index in [2.05, 4.69) is 60.7 Å². The molecule has 0 N–H and O–H groups in total. The molecule has 0 aliphatic rings. The highest BCUT2D eigenvalue weighted by Crippen LogP contribution is 2.34. The fourth-order valence-electron chi connectivity index (χ4n) is 2.13. The van der Waals surface area contributed by atoms with Crippen molar-refractivity contribution in [2.24, 2.45) is 0 Å². The van der Waals surface area contributed by atoms with Crippen molar-refractivity contribution in [1.82, 2.24) is 0 Å². The Morgan fingerprint density at radius 3 is 1.67 bits per heavy atom. The minimum absolute atomic E-state index is 0.196. The molecule has 0 heterocycles. The van der Waals surface area contributed by atoms with Gasteiger partial charge in [-0.1, -0.05) is 36.4 Å². The molecule has 0 spiro atoms. The molecule has 0 bridgehead atoms. The molecule has 18 heavy (non-hydrogen) atoms. The zero-order valence-corrected chi connectivity index (χ0v) is 11.5. The lowest BCUT2D eigenvalue weighted by Gasteiger charge is -2.10. The van der Waals surface area contributed by atoms with E-state index < -0.39 is 7.92 Å².